The van der Waals surface area contributed by atoms with Gasteiger partial charge in [-0.15, -0.1) is 0 Å². The fourth-order valence-electron chi connectivity index (χ4n) is 10.8. The lowest BCUT2D eigenvalue weighted by atomic mass is 10.0. The zero-order valence-corrected chi connectivity index (χ0v) is 55.0. The maximum absolute atomic E-state index is 12.9. The summed E-state index contributed by atoms with van der Waals surface area (Å²) >= 11 is 0. The predicted molar refractivity (Wildman–Crippen MR) is 358 cm³/mol. The van der Waals surface area contributed by atoms with E-state index in [0.717, 1.165) is 103 Å². The number of carbonyl (C=O) groups is 3. The zero-order valence-electron chi connectivity index (χ0n) is 55.0. The second-order valence-electron chi connectivity index (χ2n) is 24.5. The molecule has 0 aliphatic rings. The molecule has 82 heavy (non-hydrogen) atoms. The Bertz CT molecular complexity index is 1460. The third-order valence-corrected chi connectivity index (χ3v) is 16.3. The fraction of sp³-hybridized carbons (Fsp3) is 0.829. The minimum atomic E-state index is -0.785. The molecule has 0 aromatic heterocycles. The van der Waals surface area contributed by atoms with E-state index in [-0.39, 0.29) is 31.1 Å². The van der Waals surface area contributed by atoms with E-state index in [1.165, 1.54) is 244 Å². The van der Waals surface area contributed by atoms with Crippen molar-refractivity contribution in [3.8, 4) is 0 Å². The van der Waals surface area contributed by atoms with E-state index >= 15 is 0 Å². The summed E-state index contributed by atoms with van der Waals surface area (Å²) < 4.78 is 17.0. The molecule has 1 unspecified atom stereocenters. The van der Waals surface area contributed by atoms with Gasteiger partial charge in [-0.1, -0.05) is 345 Å². The third-order valence-electron chi connectivity index (χ3n) is 16.3. The van der Waals surface area contributed by atoms with Crippen LogP contribution in [0.5, 0.6) is 0 Å². The quantitative estimate of drug-likeness (QED) is 0.0261. The first-order valence-electron chi connectivity index (χ1n) is 36.3. The lowest BCUT2D eigenvalue weighted by molar-refractivity contribution is -0.167. The minimum Gasteiger partial charge on any atom is -0.462 e. The van der Waals surface area contributed by atoms with Crippen molar-refractivity contribution in [1.82, 2.24) is 0 Å². The average molecular weight is 1150 g/mol. The van der Waals surface area contributed by atoms with Crippen molar-refractivity contribution in [2.45, 2.75) is 393 Å². The van der Waals surface area contributed by atoms with Gasteiger partial charge in [0.05, 0.1) is 0 Å². The Kier molecular flexibility index (Phi) is 68.1. The van der Waals surface area contributed by atoms with E-state index in [1.807, 2.05) is 0 Å². The van der Waals surface area contributed by atoms with Crippen molar-refractivity contribution in [2.75, 3.05) is 13.2 Å². The Balaban J connectivity index is 4.15. The van der Waals surface area contributed by atoms with E-state index in [4.69, 9.17) is 14.2 Å². The van der Waals surface area contributed by atoms with Crippen molar-refractivity contribution >= 4 is 17.9 Å². The Morgan fingerprint density at radius 2 is 0.476 bits per heavy atom. The highest BCUT2D eigenvalue weighted by Gasteiger charge is 2.19. The lowest BCUT2D eigenvalue weighted by Crippen LogP contribution is -2.30. The summed E-state index contributed by atoms with van der Waals surface area (Å²) in [5.41, 5.74) is 0. The summed E-state index contributed by atoms with van der Waals surface area (Å²) in [6.07, 6.45) is 91.3. The van der Waals surface area contributed by atoms with E-state index < -0.39 is 6.10 Å². The maximum atomic E-state index is 12.9. The van der Waals surface area contributed by atoms with Crippen LogP contribution in [0.2, 0.25) is 0 Å². The number of unbranched alkanes of at least 4 members (excludes halogenated alkanes) is 46. The second kappa shape index (κ2) is 70.6. The van der Waals surface area contributed by atoms with E-state index in [9.17, 15) is 14.4 Å². The van der Waals surface area contributed by atoms with Crippen LogP contribution in [0.1, 0.15) is 387 Å². The molecule has 0 aromatic rings. The molecule has 0 saturated carbocycles. The zero-order chi connectivity index (χ0) is 59.2. The lowest BCUT2D eigenvalue weighted by Gasteiger charge is -2.18. The van der Waals surface area contributed by atoms with Gasteiger partial charge in [0, 0.05) is 19.3 Å². The Labute approximate surface area is 510 Å². The first kappa shape index (κ1) is 79.1. The smallest absolute Gasteiger partial charge is 0.306 e. The highest BCUT2D eigenvalue weighted by molar-refractivity contribution is 5.71. The highest BCUT2D eigenvalue weighted by atomic mass is 16.6. The van der Waals surface area contributed by atoms with Crippen LogP contribution in [0.4, 0.5) is 0 Å². The van der Waals surface area contributed by atoms with Gasteiger partial charge in [0.25, 0.3) is 0 Å². The molecule has 0 radical (unpaired) electrons. The van der Waals surface area contributed by atoms with Crippen molar-refractivity contribution in [2.24, 2.45) is 0 Å². The molecule has 0 rings (SSSR count). The van der Waals surface area contributed by atoms with Gasteiger partial charge in [0.2, 0.25) is 0 Å². The number of ether oxygens (including phenoxy) is 3. The van der Waals surface area contributed by atoms with Crippen LogP contribution >= 0.6 is 0 Å². The fourth-order valence-corrected chi connectivity index (χ4v) is 10.8. The van der Waals surface area contributed by atoms with Gasteiger partial charge in [-0.05, 0) is 83.5 Å². The minimum absolute atomic E-state index is 0.0794. The van der Waals surface area contributed by atoms with Crippen molar-refractivity contribution in [3.63, 3.8) is 0 Å². The molecule has 0 aromatic carbocycles. The van der Waals surface area contributed by atoms with Gasteiger partial charge in [0.1, 0.15) is 13.2 Å². The van der Waals surface area contributed by atoms with Crippen molar-refractivity contribution in [3.05, 3.63) is 60.8 Å². The summed E-state index contributed by atoms with van der Waals surface area (Å²) in [6.45, 7) is 6.55. The van der Waals surface area contributed by atoms with Crippen molar-refractivity contribution < 1.29 is 28.6 Å². The SMILES string of the molecule is CC/C=C\C/C=C\C/C=C\C/C=C\CCCCCCCCC(=O)OC(COC(=O)CCCCCCC/C=C\CCCCCC)COC(=O)CCCCCCCCCCCCCCCCCCCCCCCCCCCCCCCCCC. The monoisotopic (exact) mass is 1150 g/mol. The van der Waals surface area contributed by atoms with Crippen LogP contribution < -0.4 is 0 Å². The van der Waals surface area contributed by atoms with Crippen LogP contribution in [0.3, 0.4) is 0 Å². The van der Waals surface area contributed by atoms with Crippen molar-refractivity contribution in [1.29, 1.82) is 0 Å². The molecule has 1 atom stereocenters. The largest absolute Gasteiger partial charge is 0.462 e. The molecule has 0 saturated heterocycles. The van der Waals surface area contributed by atoms with Gasteiger partial charge in [-0.3, -0.25) is 14.4 Å². The number of rotatable bonds is 67. The normalized spacial score (nSPS) is 12.4. The van der Waals surface area contributed by atoms with Crippen LogP contribution in [0, 0.1) is 0 Å². The first-order chi connectivity index (χ1) is 40.5. The van der Waals surface area contributed by atoms with E-state index in [2.05, 4.69) is 81.5 Å². The molecule has 0 heterocycles. The van der Waals surface area contributed by atoms with Gasteiger partial charge >= 0.3 is 17.9 Å². The first-order valence-corrected chi connectivity index (χ1v) is 36.3. The molecule has 0 aliphatic heterocycles. The van der Waals surface area contributed by atoms with Crippen LogP contribution in [0.25, 0.3) is 0 Å². The van der Waals surface area contributed by atoms with Crippen LogP contribution in [-0.4, -0.2) is 37.2 Å². The molecule has 0 bridgehead atoms. The molecule has 478 valence electrons. The molecule has 0 aliphatic carbocycles. The van der Waals surface area contributed by atoms with Gasteiger partial charge in [-0.2, -0.15) is 0 Å². The van der Waals surface area contributed by atoms with Gasteiger partial charge in [-0.25, -0.2) is 0 Å². The van der Waals surface area contributed by atoms with E-state index in [1.54, 1.807) is 0 Å². The Morgan fingerprint density at radius 1 is 0.256 bits per heavy atom. The number of esters is 3. The summed E-state index contributed by atoms with van der Waals surface area (Å²) in [4.78, 5) is 38.4. The highest BCUT2D eigenvalue weighted by Crippen LogP contribution is 2.19. The third kappa shape index (κ3) is 67.9. The second-order valence-corrected chi connectivity index (χ2v) is 24.5. The molecule has 0 N–H and O–H groups in total. The number of carbonyl (C=O) groups excluding carboxylic acids is 3. The Morgan fingerprint density at radius 3 is 0.768 bits per heavy atom. The summed E-state index contributed by atoms with van der Waals surface area (Å²) in [7, 11) is 0. The topological polar surface area (TPSA) is 78.9 Å². The molecular formula is C76H138O6. The molecule has 6 heteroatoms. The summed E-state index contributed by atoms with van der Waals surface area (Å²) in [6, 6.07) is 0. The number of hydrogen-bond acceptors (Lipinski definition) is 6. The molecule has 0 spiro atoms. The summed E-state index contributed by atoms with van der Waals surface area (Å²) in [5, 5.41) is 0. The van der Waals surface area contributed by atoms with Crippen LogP contribution in [0.15, 0.2) is 60.8 Å². The Hall–Kier alpha value is -2.89. The van der Waals surface area contributed by atoms with Crippen LogP contribution in [-0.2, 0) is 28.6 Å². The molecule has 6 nitrogen and oxygen atoms in total. The van der Waals surface area contributed by atoms with Gasteiger partial charge in [0.15, 0.2) is 6.10 Å². The summed E-state index contributed by atoms with van der Waals surface area (Å²) in [5.74, 6) is -0.881. The maximum Gasteiger partial charge on any atom is 0.306 e. The molecular weight excluding hydrogens is 1010 g/mol. The standard InChI is InChI=1S/C76H138O6/c1-4-7-10-13-16-19-22-25-27-29-31-32-33-34-35-36-37-38-39-40-41-42-43-45-46-48-51-54-57-60-63-66-69-75(78)81-72-73(71-80-74(77)68-65-62-59-56-53-50-24-21-18-15-12-9-6-3)82-76(79)70-67-64-61-58-55-52-49-47-44-30-28-26-23-20-17-14-11-8-5-2/h8,11,17,20-21,24,26,28,44,47,73H,4-7,9-10,12-16,18-19,22-23,25,27,29-43,45-46,48-72H2,1-3H3/b11-8-,20-17-,24-21-,28-26-,47-44-. The average Bonchev–Trinajstić information content (AvgIpc) is 3.47. The number of allylic oxidation sites excluding steroid dienone is 10. The van der Waals surface area contributed by atoms with E-state index in [0.29, 0.717) is 19.3 Å². The molecule has 0 fully saturated rings. The van der Waals surface area contributed by atoms with Gasteiger partial charge < -0.3 is 14.2 Å². The number of hydrogen-bond donors (Lipinski definition) is 0. The molecule has 0 amide bonds. The predicted octanol–water partition coefficient (Wildman–Crippen LogP) is 25.1.